The van der Waals surface area contributed by atoms with Gasteiger partial charge in [-0.25, -0.2) is 4.57 Å². The maximum absolute atomic E-state index is 11.4. The molecule has 0 rings (SSSR count). The third-order valence-corrected chi connectivity index (χ3v) is 5.63. The van der Waals surface area contributed by atoms with Gasteiger partial charge in [-0.2, -0.15) is 0 Å². The van der Waals surface area contributed by atoms with E-state index >= 15 is 0 Å². The molecule has 0 bridgehead atoms. The Morgan fingerprint density at radius 2 is 1.48 bits per heavy atom. The van der Waals surface area contributed by atoms with Crippen LogP contribution in [0.2, 0.25) is 0 Å². The highest BCUT2D eigenvalue weighted by Crippen LogP contribution is 2.53. The van der Waals surface area contributed by atoms with E-state index in [9.17, 15) is 19.5 Å². The molecule has 2 unspecified atom stereocenters. The van der Waals surface area contributed by atoms with Gasteiger partial charge in [0.25, 0.3) is 0 Å². The van der Waals surface area contributed by atoms with E-state index in [4.69, 9.17) is 50.9 Å². The van der Waals surface area contributed by atoms with Crippen LogP contribution in [0.15, 0.2) is 0 Å². The molecule has 0 fully saturated rings. The Kier molecular flexibility index (Phi) is 9.43. The van der Waals surface area contributed by atoms with Crippen LogP contribution in [-0.4, -0.2) is 49.6 Å². The quantitative estimate of drug-likeness (QED) is 0.383. The van der Waals surface area contributed by atoms with Crippen molar-refractivity contribution in [3.05, 3.63) is 0 Å². The zero-order valence-corrected chi connectivity index (χ0v) is 15.7. The first-order chi connectivity index (χ1) is 9.43. The predicted molar refractivity (Wildman–Crippen MR) is 86.7 cm³/mol. The van der Waals surface area contributed by atoms with Crippen LogP contribution in [-0.2, 0) is 9.09 Å². The fourth-order valence-electron chi connectivity index (χ4n) is 2.03. The van der Waals surface area contributed by atoms with Gasteiger partial charge in [-0.3, -0.25) is 4.52 Å². The number of alkyl halides is 4. The average molecular weight is 406 g/mol. The summed E-state index contributed by atoms with van der Waals surface area (Å²) in [5.74, 6) is 0.117. The van der Waals surface area contributed by atoms with Crippen LogP contribution >= 0.6 is 54.2 Å². The van der Waals surface area contributed by atoms with Crippen molar-refractivity contribution in [2.45, 2.75) is 43.0 Å². The summed E-state index contributed by atoms with van der Waals surface area (Å²) in [6, 6.07) is 0. The molecule has 5 nitrogen and oxygen atoms in total. The van der Waals surface area contributed by atoms with E-state index in [2.05, 4.69) is 0 Å². The molecule has 0 aliphatic rings. The summed E-state index contributed by atoms with van der Waals surface area (Å²) in [4.78, 5) is 18.5. The third kappa shape index (κ3) is 7.11. The van der Waals surface area contributed by atoms with E-state index in [-0.39, 0.29) is 31.2 Å². The maximum Gasteiger partial charge on any atom is 0.470 e. The molecule has 0 radical (unpaired) electrons. The van der Waals surface area contributed by atoms with Crippen LogP contribution in [0.5, 0.6) is 0 Å². The summed E-state index contributed by atoms with van der Waals surface area (Å²) in [6.45, 7) is 2.83. The third-order valence-electron chi connectivity index (χ3n) is 3.36. The van der Waals surface area contributed by atoms with Gasteiger partial charge in [-0.1, -0.05) is 13.8 Å². The largest absolute Gasteiger partial charge is 0.470 e. The molecule has 0 spiro atoms. The smallest absolute Gasteiger partial charge is 0.396 e. The zero-order chi connectivity index (χ0) is 16.9. The molecule has 0 saturated heterocycles. The number of aliphatic hydroxyl groups excluding tert-OH is 1. The summed E-state index contributed by atoms with van der Waals surface area (Å²) in [5, 5.41) is 8.40. The Balaban J connectivity index is 5.75. The molecular weight excluding hydrogens is 385 g/mol. The number of halogens is 4. The second-order valence-corrected chi connectivity index (χ2v) is 8.54. The van der Waals surface area contributed by atoms with Crippen molar-refractivity contribution >= 4 is 54.2 Å². The number of aliphatic hydroxyl groups is 1. The van der Waals surface area contributed by atoms with E-state index in [0.29, 0.717) is 0 Å². The van der Waals surface area contributed by atoms with Gasteiger partial charge in [0, 0.05) is 27.9 Å². The first-order valence-corrected chi connectivity index (χ1v) is 9.67. The van der Waals surface area contributed by atoms with Crippen molar-refractivity contribution < 1.29 is 24.0 Å². The predicted octanol–water partition coefficient (Wildman–Crippen LogP) is 3.33. The molecule has 0 heterocycles. The molecule has 0 saturated carbocycles. The molecule has 0 aliphatic heterocycles. The summed E-state index contributed by atoms with van der Waals surface area (Å²) in [7, 11) is -4.84. The van der Waals surface area contributed by atoms with Crippen molar-refractivity contribution in [2.75, 3.05) is 18.4 Å². The van der Waals surface area contributed by atoms with Crippen LogP contribution < -0.4 is 0 Å². The molecule has 0 aliphatic carbocycles. The van der Waals surface area contributed by atoms with Gasteiger partial charge in [0.15, 0.2) is 0 Å². The summed E-state index contributed by atoms with van der Waals surface area (Å²) in [6.07, 6.45) is 0.0215. The molecule has 10 heteroatoms. The van der Waals surface area contributed by atoms with E-state index in [1.54, 1.807) is 13.8 Å². The number of phosphoric ester groups is 1. The lowest BCUT2D eigenvalue weighted by atomic mass is 9.70. The van der Waals surface area contributed by atoms with Gasteiger partial charge in [0.2, 0.25) is 0 Å². The van der Waals surface area contributed by atoms with E-state index < -0.39 is 29.6 Å². The lowest BCUT2D eigenvalue weighted by molar-refractivity contribution is -0.0937. The second-order valence-electron chi connectivity index (χ2n) is 5.53. The van der Waals surface area contributed by atoms with Crippen LogP contribution in [0.25, 0.3) is 0 Å². The van der Waals surface area contributed by atoms with Crippen LogP contribution in [0.1, 0.15) is 26.7 Å². The lowest BCUT2D eigenvalue weighted by Gasteiger charge is -2.47. The number of hydrogen-bond acceptors (Lipinski definition) is 3. The van der Waals surface area contributed by atoms with Gasteiger partial charge < -0.3 is 14.9 Å². The fraction of sp³-hybridized carbons (Fsp3) is 1.00. The lowest BCUT2D eigenvalue weighted by Crippen LogP contribution is -2.52. The second kappa shape index (κ2) is 8.91. The highest BCUT2D eigenvalue weighted by Gasteiger charge is 2.51. The fourth-order valence-corrected chi connectivity index (χ4v) is 3.60. The molecule has 0 aromatic rings. The van der Waals surface area contributed by atoms with Gasteiger partial charge in [0.05, 0.1) is 12.2 Å². The molecule has 0 aromatic heterocycles. The van der Waals surface area contributed by atoms with Crippen molar-refractivity contribution in [3.63, 3.8) is 0 Å². The molecule has 128 valence electrons. The molecule has 2 atom stereocenters. The number of hydrogen-bond donors (Lipinski definition) is 3. The normalized spacial score (nSPS) is 19.1. The van der Waals surface area contributed by atoms with Crippen LogP contribution in [0.3, 0.4) is 0 Å². The van der Waals surface area contributed by atoms with E-state index in [1.165, 1.54) is 0 Å². The summed E-state index contributed by atoms with van der Waals surface area (Å²) in [5.41, 5.74) is -2.49. The molecule has 0 aromatic carbocycles. The van der Waals surface area contributed by atoms with Gasteiger partial charge in [-0.15, -0.1) is 46.4 Å². The van der Waals surface area contributed by atoms with Crippen molar-refractivity contribution in [2.24, 2.45) is 5.41 Å². The number of phosphoric acid groups is 1. The Bertz CT molecular complexity index is 351. The van der Waals surface area contributed by atoms with E-state index in [1.807, 2.05) is 0 Å². The Labute approximate surface area is 145 Å². The van der Waals surface area contributed by atoms with Gasteiger partial charge >= 0.3 is 7.82 Å². The standard InChI is InChI=1S/C11H21Cl4O5P/c1-10(2,7-16)11(3-8(14)5-12,4-9(15)6-13)20-21(17,18)19/h8-9,16H,3-7H2,1-2H3,(H2,17,18,19). The maximum atomic E-state index is 11.4. The van der Waals surface area contributed by atoms with Gasteiger partial charge in [-0.05, 0) is 12.8 Å². The Morgan fingerprint density at radius 3 is 1.71 bits per heavy atom. The molecule has 0 amide bonds. The minimum atomic E-state index is -4.84. The van der Waals surface area contributed by atoms with E-state index in [0.717, 1.165) is 0 Å². The highest BCUT2D eigenvalue weighted by molar-refractivity contribution is 7.46. The van der Waals surface area contributed by atoms with Crippen molar-refractivity contribution in [1.29, 1.82) is 0 Å². The molecule has 3 N–H and O–H groups in total. The molecular formula is C11H21Cl4O5P. The zero-order valence-electron chi connectivity index (χ0n) is 11.8. The summed E-state index contributed by atoms with van der Waals surface area (Å²) < 4.78 is 16.4. The minimum Gasteiger partial charge on any atom is -0.396 e. The Morgan fingerprint density at radius 1 is 1.10 bits per heavy atom. The summed E-state index contributed by atoms with van der Waals surface area (Å²) >= 11 is 23.5. The Hall–Kier alpha value is 1.23. The van der Waals surface area contributed by atoms with Crippen molar-refractivity contribution in [1.82, 2.24) is 0 Å². The first-order valence-electron chi connectivity index (χ1n) is 6.20. The van der Waals surface area contributed by atoms with Gasteiger partial charge in [0.1, 0.15) is 0 Å². The minimum absolute atomic E-state index is 0.0107. The SMILES string of the molecule is CC(C)(CO)C(CC(Cl)CCl)(CC(Cl)CCl)OP(=O)(O)O. The number of rotatable bonds is 10. The average Bonchev–Trinajstić information content (AvgIpc) is 2.35. The van der Waals surface area contributed by atoms with Crippen LogP contribution in [0, 0.1) is 5.41 Å². The van der Waals surface area contributed by atoms with Crippen molar-refractivity contribution in [3.8, 4) is 0 Å². The molecule has 21 heavy (non-hydrogen) atoms. The monoisotopic (exact) mass is 404 g/mol. The topological polar surface area (TPSA) is 87.0 Å². The first kappa shape index (κ1) is 22.2. The highest BCUT2D eigenvalue weighted by atomic mass is 35.5. The van der Waals surface area contributed by atoms with Crippen LogP contribution in [0.4, 0.5) is 0 Å².